The standard InChI is InChI=1S/C16H19NO2/c1-11(16-6-3-9-19-16)17-15-5-2-4-12-10-13(18)7-8-14(12)15/h3,6-11,15,17-18H,2,4-5H2,1H3. The van der Waals surface area contributed by atoms with Crippen molar-refractivity contribution in [2.45, 2.75) is 38.3 Å². The van der Waals surface area contributed by atoms with Gasteiger partial charge in [-0.2, -0.15) is 0 Å². The number of fused-ring (bicyclic) bond motifs is 1. The number of hydrogen-bond acceptors (Lipinski definition) is 3. The van der Waals surface area contributed by atoms with Crippen molar-refractivity contribution in [1.82, 2.24) is 5.32 Å². The first kappa shape index (κ1) is 12.3. The third-order valence-electron chi connectivity index (χ3n) is 3.86. The van der Waals surface area contributed by atoms with Gasteiger partial charge in [0.25, 0.3) is 0 Å². The molecule has 3 rings (SSSR count). The Hall–Kier alpha value is -1.74. The van der Waals surface area contributed by atoms with Gasteiger partial charge in [0.05, 0.1) is 12.3 Å². The third kappa shape index (κ3) is 2.51. The minimum absolute atomic E-state index is 0.194. The molecule has 1 aliphatic carbocycles. The van der Waals surface area contributed by atoms with Crippen LogP contribution in [-0.4, -0.2) is 5.11 Å². The Morgan fingerprint density at radius 2 is 2.26 bits per heavy atom. The molecule has 3 nitrogen and oxygen atoms in total. The predicted molar refractivity (Wildman–Crippen MR) is 74.0 cm³/mol. The summed E-state index contributed by atoms with van der Waals surface area (Å²) in [6, 6.07) is 10.1. The summed E-state index contributed by atoms with van der Waals surface area (Å²) in [5.74, 6) is 1.32. The van der Waals surface area contributed by atoms with Crippen LogP contribution < -0.4 is 5.32 Å². The molecule has 1 aromatic heterocycles. The van der Waals surface area contributed by atoms with Crippen LogP contribution in [0.25, 0.3) is 0 Å². The van der Waals surface area contributed by atoms with Gasteiger partial charge in [0.2, 0.25) is 0 Å². The Morgan fingerprint density at radius 1 is 1.37 bits per heavy atom. The number of phenolic OH excluding ortho intramolecular Hbond substituents is 1. The van der Waals surface area contributed by atoms with Crippen LogP contribution in [0.15, 0.2) is 41.0 Å². The predicted octanol–water partition coefficient (Wildman–Crippen LogP) is 3.71. The molecule has 2 N–H and O–H groups in total. The van der Waals surface area contributed by atoms with Crippen LogP contribution in [0.3, 0.4) is 0 Å². The largest absolute Gasteiger partial charge is 0.508 e. The molecule has 0 saturated carbocycles. The molecule has 100 valence electrons. The van der Waals surface area contributed by atoms with E-state index < -0.39 is 0 Å². The average Bonchev–Trinajstić information content (AvgIpc) is 2.92. The van der Waals surface area contributed by atoms with Crippen molar-refractivity contribution in [3.8, 4) is 5.75 Å². The monoisotopic (exact) mass is 257 g/mol. The Kier molecular flexibility index (Phi) is 3.30. The highest BCUT2D eigenvalue weighted by atomic mass is 16.3. The molecular formula is C16H19NO2. The quantitative estimate of drug-likeness (QED) is 0.881. The summed E-state index contributed by atoms with van der Waals surface area (Å²) in [7, 11) is 0. The van der Waals surface area contributed by atoms with Gasteiger partial charge in [0, 0.05) is 6.04 Å². The van der Waals surface area contributed by atoms with Gasteiger partial charge < -0.3 is 14.8 Å². The maximum absolute atomic E-state index is 9.57. The molecule has 0 aliphatic heterocycles. The number of nitrogens with one attached hydrogen (secondary N) is 1. The van der Waals surface area contributed by atoms with Gasteiger partial charge in [-0.1, -0.05) is 6.07 Å². The van der Waals surface area contributed by atoms with Gasteiger partial charge in [-0.15, -0.1) is 0 Å². The first-order chi connectivity index (χ1) is 9.24. The van der Waals surface area contributed by atoms with Crippen molar-refractivity contribution < 1.29 is 9.52 Å². The average molecular weight is 257 g/mol. The number of benzene rings is 1. The molecule has 0 saturated heterocycles. The van der Waals surface area contributed by atoms with Crippen molar-refractivity contribution >= 4 is 0 Å². The lowest BCUT2D eigenvalue weighted by atomic mass is 9.87. The summed E-state index contributed by atoms with van der Waals surface area (Å²) in [5.41, 5.74) is 2.57. The van der Waals surface area contributed by atoms with E-state index in [2.05, 4.69) is 12.2 Å². The summed E-state index contributed by atoms with van der Waals surface area (Å²) < 4.78 is 5.44. The van der Waals surface area contributed by atoms with Gasteiger partial charge in [-0.3, -0.25) is 0 Å². The molecule has 0 spiro atoms. The van der Waals surface area contributed by atoms with E-state index in [0.29, 0.717) is 11.8 Å². The van der Waals surface area contributed by atoms with E-state index in [9.17, 15) is 5.11 Å². The fraction of sp³-hybridized carbons (Fsp3) is 0.375. The van der Waals surface area contributed by atoms with Gasteiger partial charge in [0.15, 0.2) is 0 Å². The Bertz CT molecular complexity index is 548. The maximum atomic E-state index is 9.57. The minimum Gasteiger partial charge on any atom is -0.508 e. The van der Waals surface area contributed by atoms with Crippen LogP contribution in [0.5, 0.6) is 5.75 Å². The number of rotatable bonds is 3. The molecule has 0 amide bonds. The number of aryl methyl sites for hydroxylation is 1. The van der Waals surface area contributed by atoms with Crippen LogP contribution >= 0.6 is 0 Å². The van der Waals surface area contributed by atoms with Gasteiger partial charge in [-0.05, 0) is 61.6 Å². The zero-order valence-electron chi connectivity index (χ0n) is 11.1. The minimum atomic E-state index is 0.194. The van der Waals surface area contributed by atoms with Crippen LogP contribution in [0, 0.1) is 0 Å². The first-order valence-corrected chi connectivity index (χ1v) is 6.85. The summed E-state index contributed by atoms with van der Waals surface area (Å²) >= 11 is 0. The molecule has 1 heterocycles. The number of phenols is 1. The Balaban J connectivity index is 1.80. The zero-order valence-corrected chi connectivity index (χ0v) is 11.1. The lowest BCUT2D eigenvalue weighted by molar-refractivity contribution is 0.366. The van der Waals surface area contributed by atoms with Gasteiger partial charge in [0.1, 0.15) is 11.5 Å². The highest BCUT2D eigenvalue weighted by Crippen LogP contribution is 2.33. The molecule has 3 heteroatoms. The SMILES string of the molecule is CC(NC1CCCc2cc(O)ccc21)c1ccco1. The van der Waals surface area contributed by atoms with Crippen LogP contribution in [0.1, 0.15) is 48.7 Å². The smallest absolute Gasteiger partial charge is 0.120 e. The summed E-state index contributed by atoms with van der Waals surface area (Å²) in [5, 5.41) is 13.2. The number of hydrogen-bond donors (Lipinski definition) is 2. The first-order valence-electron chi connectivity index (χ1n) is 6.85. The molecule has 2 atom stereocenters. The van der Waals surface area contributed by atoms with E-state index in [1.54, 1.807) is 12.3 Å². The lowest BCUT2D eigenvalue weighted by Gasteiger charge is -2.28. The molecule has 0 radical (unpaired) electrons. The second-order valence-corrected chi connectivity index (χ2v) is 5.23. The van der Waals surface area contributed by atoms with E-state index in [0.717, 1.165) is 25.0 Å². The van der Waals surface area contributed by atoms with Crippen molar-refractivity contribution in [3.63, 3.8) is 0 Å². The summed E-state index contributed by atoms with van der Waals surface area (Å²) in [6.07, 6.45) is 5.04. The molecule has 1 aliphatic rings. The lowest BCUT2D eigenvalue weighted by Crippen LogP contribution is -2.27. The van der Waals surface area contributed by atoms with E-state index >= 15 is 0 Å². The van der Waals surface area contributed by atoms with Gasteiger partial charge in [-0.25, -0.2) is 0 Å². The third-order valence-corrected chi connectivity index (χ3v) is 3.86. The summed E-state index contributed by atoms with van der Waals surface area (Å²) in [4.78, 5) is 0. The summed E-state index contributed by atoms with van der Waals surface area (Å²) in [6.45, 7) is 2.12. The van der Waals surface area contributed by atoms with Crippen molar-refractivity contribution in [1.29, 1.82) is 0 Å². The number of furan rings is 1. The van der Waals surface area contributed by atoms with E-state index in [4.69, 9.17) is 4.42 Å². The van der Waals surface area contributed by atoms with E-state index in [-0.39, 0.29) is 6.04 Å². The highest BCUT2D eigenvalue weighted by Gasteiger charge is 2.22. The topological polar surface area (TPSA) is 45.4 Å². The fourth-order valence-electron chi connectivity index (χ4n) is 2.90. The Labute approximate surface area is 113 Å². The van der Waals surface area contributed by atoms with Crippen LogP contribution in [-0.2, 0) is 6.42 Å². The molecule has 2 unspecified atom stereocenters. The van der Waals surface area contributed by atoms with E-state index in [1.165, 1.54) is 11.1 Å². The van der Waals surface area contributed by atoms with Crippen molar-refractivity contribution in [2.75, 3.05) is 0 Å². The molecule has 1 aromatic carbocycles. The highest BCUT2D eigenvalue weighted by molar-refractivity contribution is 5.38. The second kappa shape index (κ2) is 5.10. The molecule has 2 aromatic rings. The normalized spacial score (nSPS) is 19.9. The van der Waals surface area contributed by atoms with Crippen molar-refractivity contribution in [3.05, 3.63) is 53.5 Å². The van der Waals surface area contributed by atoms with Gasteiger partial charge >= 0.3 is 0 Å². The maximum Gasteiger partial charge on any atom is 0.120 e. The van der Waals surface area contributed by atoms with E-state index in [1.807, 2.05) is 24.3 Å². The Morgan fingerprint density at radius 3 is 3.05 bits per heavy atom. The second-order valence-electron chi connectivity index (χ2n) is 5.23. The van der Waals surface area contributed by atoms with Crippen LogP contribution in [0.2, 0.25) is 0 Å². The van der Waals surface area contributed by atoms with Crippen LogP contribution in [0.4, 0.5) is 0 Å². The fourth-order valence-corrected chi connectivity index (χ4v) is 2.90. The molecule has 0 fully saturated rings. The zero-order chi connectivity index (χ0) is 13.2. The molecular weight excluding hydrogens is 238 g/mol. The molecule has 0 bridgehead atoms. The van der Waals surface area contributed by atoms with Crippen molar-refractivity contribution in [2.24, 2.45) is 0 Å². The number of aromatic hydroxyl groups is 1. The molecule has 19 heavy (non-hydrogen) atoms.